The van der Waals surface area contributed by atoms with Gasteiger partial charge in [0.05, 0.1) is 12.7 Å². The van der Waals surface area contributed by atoms with Gasteiger partial charge in [0, 0.05) is 6.10 Å². The normalized spacial score (nSPS) is 33.3. The van der Waals surface area contributed by atoms with Crippen LogP contribution in [-0.4, -0.2) is 27.5 Å². The number of rotatable bonds is 5. The molecule has 2 aliphatic rings. The lowest BCUT2D eigenvalue weighted by molar-refractivity contribution is -0.140. The minimum atomic E-state index is -1.91. The van der Waals surface area contributed by atoms with Crippen LogP contribution in [-0.2, 0) is 14.0 Å². The summed E-state index contributed by atoms with van der Waals surface area (Å²) in [5.41, 5.74) is -0.0127. The zero-order valence-corrected chi connectivity index (χ0v) is 15.4. The van der Waals surface area contributed by atoms with Crippen LogP contribution in [0, 0.1) is 17.8 Å². The SMILES string of the molecule is COC(=O)C(C)[Si]1(O[C@@H]2C[C@H](C)CC[C@H]2C(C)C)CCC1. The van der Waals surface area contributed by atoms with Gasteiger partial charge in [-0.25, -0.2) is 0 Å². The Morgan fingerprint density at radius 1 is 1.19 bits per heavy atom. The molecule has 0 radical (unpaired) electrons. The molecule has 1 aliphatic carbocycles. The lowest BCUT2D eigenvalue weighted by Gasteiger charge is -2.48. The molecule has 0 bridgehead atoms. The van der Waals surface area contributed by atoms with Crippen molar-refractivity contribution in [1.29, 1.82) is 0 Å². The van der Waals surface area contributed by atoms with E-state index in [1.165, 1.54) is 32.8 Å². The first-order chi connectivity index (χ1) is 9.89. The molecule has 0 spiro atoms. The first kappa shape index (κ1) is 17.0. The summed E-state index contributed by atoms with van der Waals surface area (Å²) in [6.07, 6.45) is 5.37. The molecule has 1 saturated heterocycles. The summed E-state index contributed by atoms with van der Waals surface area (Å²) in [6, 6.07) is 2.28. The second kappa shape index (κ2) is 6.82. The van der Waals surface area contributed by atoms with Gasteiger partial charge < -0.3 is 9.16 Å². The fourth-order valence-corrected chi connectivity index (χ4v) is 7.90. The zero-order valence-electron chi connectivity index (χ0n) is 14.4. The molecule has 1 saturated carbocycles. The largest absolute Gasteiger partial charge is 0.469 e. The van der Waals surface area contributed by atoms with Crippen molar-refractivity contribution >= 4 is 14.3 Å². The van der Waals surface area contributed by atoms with Crippen LogP contribution >= 0.6 is 0 Å². The van der Waals surface area contributed by atoms with Crippen LogP contribution in [0.1, 0.15) is 53.4 Å². The van der Waals surface area contributed by atoms with Crippen molar-refractivity contribution in [3.8, 4) is 0 Å². The van der Waals surface area contributed by atoms with Gasteiger partial charge in [-0.1, -0.05) is 40.5 Å². The molecule has 2 fully saturated rings. The van der Waals surface area contributed by atoms with Crippen LogP contribution in [0.15, 0.2) is 0 Å². The molecular formula is C17H32O3Si. The maximum Gasteiger partial charge on any atom is 0.307 e. The third-order valence-electron chi connectivity index (χ3n) is 5.89. The third kappa shape index (κ3) is 3.53. The Kier molecular flexibility index (Phi) is 5.52. The van der Waals surface area contributed by atoms with Gasteiger partial charge in [-0.05, 0) is 42.7 Å². The molecular weight excluding hydrogens is 280 g/mol. The summed E-state index contributed by atoms with van der Waals surface area (Å²) in [5, 5.41) is 0. The van der Waals surface area contributed by atoms with Crippen LogP contribution in [0.4, 0.5) is 0 Å². The average molecular weight is 313 g/mol. The molecule has 0 aromatic carbocycles. The van der Waals surface area contributed by atoms with E-state index >= 15 is 0 Å². The molecule has 1 heterocycles. The fourth-order valence-electron chi connectivity index (χ4n) is 4.12. The molecule has 1 aliphatic heterocycles. The van der Waals surface area contributed by atoms with Gasteiger partial charge in [-0.2, -0.15) is 0 Å². The molecule has 0 aromatic rings. The maximum atomic E-state index is 12.0. The summed E-state index contributed by atoms with van der Waals surface area (Å²) in [5.74, 6) is 2.02. The van der Waals surface area contributed by atoms with E-state index in [1.807, 2.05) is 6.92 Å². The van der Waals surface area contributed by atoms with Crippen molar-refractivity contribution in [2.75, 3.05) is 7.11 Å². The summed E-state index contributed by atoms with van der Waals surface area (Å²) in [6.45, 7) is 9.00. The van der Waals surface area contributed by atoms with Gasteiger partial charge in [0.25, 0.3) is 0 Å². The highest BCUT2D eigenvalue weighted by Gasteiger charge is 2.52. The van der Waals surface area contributed by atoms with Crippen LogP contribution in [0.3, 0.4) is 0 Å². The number of carbonyl (C=O) groups excluding carboxylic acids is 1. The Balaban J connectivity index is 2.10. The van der Waals surface area contributed by atoms with Crippen LogP contribution in [0.2, 0.25) is 17.6 Å². The number of hydrogen-bond acceptors (Lipinski definition) is 3. The Hall–Kier alpha value is -0.353. The highest BCUT2D eigenvalue weighted by molar-refractivity contribution is 6.80. The van der Waals surface area contributed by atoms with Gasteiger partial charge in [-0.3, -0.25) is 4.79 Å². The summed E-state index contributed by atoms with van der Waals surface area (Å²) in [4.78, 5) is 12.0. The first-order valence-electron chi connectivity index (χ1n) is 8.65. The van der Waals surface area contributed by atoms with Crippen molar-refractivity contribution in [3.05, 3.63) is 0 Å². The van der Waals surface area contributed by atoms with Crippen LogP contribution in [0.5, 0.6) is 0 Å². The predicted molar refractivity (Wildman–Crippen MR) is 87.6 cm³/mol. The van der Waals surface area contributed by atoms with Crippen LogP contribution < -0.4 is 0 Å². The van der Waals surface area contributed by atoms with Crippen molar-refractivity contribution in [3.63, 3.8) is 0 Å². The average Bonchev–Trinajstić information content (AvgIpc) is 2.40. The van der Waals surface area contributed by atoms with E-state index in [0.717, 1.165) is 18.0 Å². The predicted octanol–water partition coefficient (Wildman–Crippen LogP) is 4.38. The molecule has 3 nitrogen and oxygen atoms in total. The van der Waals surface area contributed by atoms with Crippen molar-refractivity contribution < 1.29 is 14.0 Å². The molecule has 2 rings (SSSR count). The summed E-state index contributed by atoms with van der Waals surface area (Å²) < 4.78 is 11.8. The quantitative estimate of drug-likeness (QED) is 0.558. The number of ether oxygens (including phenoxy) is 1. The number of hydrogen-bond donors (Lipinski definition) is 0. The molecule has 0 amide bonds. The number of methoxy groups -OCH3 is 1. The zero-order chi connectivity index (χ0) is 15.6. The van der Waals surface area contributed by atoms with E-state index in [-0.39, 0.29) is 11.5 Å². The Morgan fingerprint density at radius 2 is 1.86 bits per heavy atom. The van der Waals surface area contributed by atoms with E-state index in [2.05, 4.69) is 20.8 Å². The highest BCUT2D eigenvalue weighted by atomic mass is 28.4. The number of carbonyl (C=O) groups is 1. The van der Waals surface area contributed by atoms with E-state index in [1.54, 1.807) is 0 Å². The van der Waals surface area contributed by atoms with Crippen molar-refractivity contribution in [2.24, 2.45) is 17.8 Å². The topological polar surface area (TPSA) is 35.5 Å². The number of esters is 1. The lowest BCUT2D eigenvalue weighted by Crippen LogP contribution is -2.55. The minimum Gasteiger partial charge on any atom is -0.469 e. The Bertz CT molecular complexity index is 365. The fraction of sp³-hybridized carbons (Fsp3) is 0.941. The van der Waals surface area contributed by atoms with Gasteiger partial charge >= 0.3 is 5.97 Å². The molecule has 4 heteroatoms. The molecule has 0 N–H and O–H groups in total. The van der Waals surface area contributed by atoms with Gasteiger partial charge in [0.1, 0.15) is 0 Å². The summed E-state index contributed by atoms with van der Waals surface area (Å²) >= 11 is 0. The van der Waals surface area contributed by atoms with Crippen molar-refractivity contribution in [2.45, 2.75) is 77.1 Å². The van der Waals surface area contributed by atoms with Crippen LogP contribution in [0.25, 0.3) is 0 Å². The summed E-state index contributed by atoms with van der Waals surface area (Å²) in [7, 11) is -0.410. The van der Waals surface area contributed by atoms with Gasteiger partial charge in [0.15, 0.2) is 0 Å². The Labute approximate surface area is 130 Å². The maximum absolute atomic E-state index is 12.0. The van der Waals surface area contributed by atoms with E-state index in [0.29, 0.717) is 17.9 Å². The standard InChI is InChI=1S/C17H32O3Si/c1-12(2)15-8-7-13(3)11-16(15)20-21(9-6-10-21)14(4)17(18)19-5/h12-16H,6-11H2,1-5H3/t13-,14?,15+,16-/m1/s1. The van der Waals surface area contributed by atoms with E-state index < -0.39 is 8.32 Å². The van der Waals surface area contributed by atoms with Crippen molar-refractivity contribution in [1.82, 2.24) is 0 Å². The first-order valence-corrected chi connectivity index (χ1v) is 11.0. The molecule has 4 atom stereocenters. The lowest BCUT2D eigenvalue weighted by atomic mass is 9.75. The molecule has 0 aromatic heterocycles. The van der Waals surface area contributed by atoms with E-state index in [9.17, 15) is 4.79 Å². The minimum absolute atomic E-state index is 0.0127. The van der Waals surface area contributed by atoms with Gasteiger partial charge in [-0.15, -0.1) is 0 Å². The molecule has 21 heavy (non-hydrogen) atoms. The molecule has 122 valence electrons. The second-order valence-electron chi connectivity index (χ2n) is 7.65. The van der Waals surface area contributed by atoms with E-state index in [4.69, 9.17) is 9.16 Å². The molecule has 1 unspecified atom stereocenters. The smallest absolute Gasteiger partial charge is 0.307 e. The second-order valence-corrected chi connectivity index (χ2v) is 11.9. The third-order valence-corrected chi connectivity index (χ3v) is 10.9. The Morgan fingerprint density at radius 3 is 2.33 bits per heavy atom. The highest BCUT2D eigenvalue weighted by Crippen LogP contribution is 2.47. The monoisotopic (exact) mass is 312 g/mol. The van der Waals surface area contributed by atoms with Gasteiger partial charge in [0.2, 0.25) is 8.32 Å².